The fourth-order valence-electron chi connectivity index (χ4n) is 1.45. The van der Waals surface area contributed by atoms with Gasteiger partial charge in [0.2, 0.25) is 0 Å². The Morgan fingerprint density at radius 1 is 1.29 bits per heavy atom. The molecule has 4 heteroatoms. The molecule has 0 amide bonds. The van der Waals surface area contributed by atoms with E-state index in [9.17, 15) is 4.79 Å². The number of aryl methyl sites for hydroxylation is 1. The fraction of sp³-hybridized carbons (Fsp3) is 0.0769. The van der Waals surface area contributed by atoms with Crippen LogP contribution in [0.4, 0.5) is 0 Å². The lowest BCUT2D eigenvalue weighted by Gasteiger charge is -1.96. The van der Waals surface area contributed by atoms with Crippen LogP contribution in [0.1, 0.15) is 21.7 Å². The summed E-state index contributed by atoms with van der Waals surface area (Å²) in [5.41, 5.74) is 1.23. The lowest BCUT2D eigenvalue weighted by molar-refractivity contribution is 0.0697. The molecule has 0 unspecified atom stereocenters. The number of carbonyl (C=O) groups is 1. The maximum absolute atomic E-state index is 10.7. The molecule has 0 atom stereocenters. The molecule has 1 heterocycles. The average Bonchev–Trinajstić information content (AvgIpc) is 2.73. The molecule has 0 fully saturated rings. The third-order valence-electron chi connectivity index (χ3n) is 2.44. The lowest BCUT2D eigenvalue weighted by Crippen LogP contribution is -1.94. The van der Waals surface area contributed by atoms with Crippen molar-refractivity contribution in [3.8, 4) is 0 Å². The fourth-order valence-corrected chi connectivity index (χ4v) is 1.45. The Labute approximate surface area is 98.9 Å². The van der Waals surface area contributed by atoms with Crippen LogP contribution >= 0.6 is 0 Å². The first-order valence-electron chi connectivity index (χ1n) is 5.15. The van der Waals surface area contributed by atoms with E-state index in [1.807, 2.05) is 30.0 Å². The molecular weight excluding hydrogens is 216 g/mol. The Morgan fingerprint density at radius 3 is 2.53 bits per heavy atom. The molecule has 0 aliphatic rings. The largest absolute Gasteiger partial charge is 0.478 e. The summed E-state index contributed by atoms with van der Waals surface area (Å²) in [5.74, 6) is -0.0584. The van der Waals surface area contributed by atoms with Crippen LogP contribution < -0.4 is 0 Å². The quantitative estimate of drug-likeness (QED) is 0.876. The van der Waals surface area contributed by atoms with E-state index >= 15 is 0 Å². The minimum Gasteiger partial charge on any atom is -0.478 e. The van der Waals surface area contributed by atoms with E-state index in [0.717, 1.165) is 11.4 Å². The highest BCUT2D eigenvalue weighted by molar-refractivity contribution is 5.88. The molecular formula is C13H12N2O2. The molecule has 1 aromatic carbocycles. The molecule has 0 radical (unpaired) electrons. The smallest absolute Gasteiger partial charge is 0.335 e. The second-order valence-corrected chi connectivity index (χ2v) is 3.66. The Hall–Kier alpha value is -2.36. The van der Waals surface area contributed by atoms with Gasteiger partial charge in [-0.3, -0.25) is 0 Å². The second kappa shape index (κ2) is 4.65. The molecule has 4 nitrogen and oxygen atoms in total. The Balaban J connectivity index is 2.17. The average molecular weight is 228 g/mol. The van der Waals surface area contributed by atoms with Crippen molar-refractivity contribution in [2.24, 2.45) is 7.05 Å². The molecule has 2 aromatic rings. The van der Waals surface area contributed by atoms with Gasteiger partial charge in [-0.2, -0.15) is 0 Å². The molecule has 0 saturated carbocycles. The zero-order chi connectivity index (χ0) is 12.3. The Bertz CT molecular complexity index is 553. The zero-order valence-corrected chi connectivity index (χ0v) is 9.37. The summed E-state index contributed by atoms with van der Waals surface area (Å²) in [4.78, 5) is 14.8. The zero-order valence-electron chi connectivity index (χ0n) is 9.37. The number of aromatic nitrogens is 2. The molecule has 1 aromatic heterocycles. The third-order valence-corrected chi connectivity index (χ3v) is 2.44. The number of hydrogen-bond acceptors (Lipinski definition) is 2. The molecule has 2 rings (SSSR count). The lowest BCUT2D eigenvalue weighted by atomic mass is 10.1. The first-order valence-corrected chi connectivity index (χ1v) is 5.15. The topological polar surface area (TPSA) is 55.1 Å². The van der Waals surface area contributed by atoms with Crippen molar-refractivity contribution in [3.05, 3.63) is 53.6 Å². The van der Waals surface area contributed by atoms with Crippen LogP contribution in [0.15, 0.2) is 36.7 Å². The minimum absolute atomic E-state index is 0.291. The first-order chi connectivity index (χ1) is 8.16. The molecule has 0 aliphatic heterocycles. The molecule has 17 heavy (non-hydrogen) atoms. The SMILES string of the molecule is Cn1ccnc1C=Cc1ccc(C(=O)O)cc1. The van der Waals surface area contributed by atoms with Crippen LogP contribution in [0.2, 0.25) is 0 Å². The Kier molecular flexibility index (Phi) is 3.05. The highest BCUT2D eigenvalue weighted by Crippen LogP contribution is 2.08. The normalized spacial score (nSPS) is 10.9. The molecule has 0 spiro atoms. The van der Waals surface area contributed by atoms with E-state index in [1.54, 1.807) is 30.5 Å². The van der Waals surface area contributed by atoms with Gasteiger partial charge in [0.15, 0.2) is 0 Å². The van der Waals surface area contributed by atoms with Gasteiger partial charge < -0.3 is 9.67 Å². The number of aromatic carboxylic acids is 1. The number of carboxylic acid groups (broad SMARTS) is 1. The minimum atomic E-state index is -0.912. The summed E-state index contributed by atoms with van der Waals surface area (Å²) in [6, 6.07) is 6.70. The molecule has 0 aliphatic carbocycles. The second-order valence-electron chi connectivity index (χ2n) is 3.66. The van der Waals surface area contributed by atoms with Crippen molar-refractivity contribution < 1.29 is 9.90 Å². The summed E-state index contributed by atoms with van der Waals surface area (Å²) in [6.45, 7) is 0. The Morgan fingerprint density at radius 2 is 2.00 bits per heavy atom. The third kappa shape index (κ3) is 2.60. The number of rotatable bonds is 3. The van der Waals surface area contributed by atoms with Gasteiger partial charge in [-0.1, -0.05) is 18.2 Å². The van der Waals surface area contributed by atoms with Crippen molar-refractivity contribution >= 4 is 18.1 Å². The summed E-state index contributed by atoms with van der Waals surface area (Å²) in [5, 5.41) is 8.76. The van der Waals surface area contributed by atoms with E-state index in [4.69, 9.17) is 5.11 Å². The number of nitrogens with zero attached hydrogens (tertiary/aromatic N) is 2. The highest BCUT2D eigenvalue weighted by atomic mass is 16.4. The van der Waals surface area contributed by atoms with Crippen LogP contribution in [-0.4, -0.2) is 20.6 Å². The van der Waals surface area contributed by atoms with Gasteiger partial charge in [0.05, 0.1) is 5.56 Å². The van der Waals surface area contributed by atoms with Gasteiger partial charge in [-0.05, 0) is 23.8 Å². The van der Waals surface area contributed by atoms with Crippen LogP contribution in [-0.2, 0) is 7.05 Å². The predicted octanol–water partition coefficient (Wildman–Crippen LogP) is 2.29. The van der Waals surface area contributed by atoms with Crippen LogP contribution in [0.3, 0.4) is 0 Å². The first kappa shape index (κ1) is 11.1. The van der Waals surface area contributed by atoms with Crippen LogP contribution in [0.5, 0.6) is 0 Å². The van der Waals surface area contributed by atoms with Gasteiger partial charge in [0.25, 0.3) is 0 Å². The summed E-state index contributed by atoms with van der Waals surface area (Å²) >= 11 is 0. The standard InChI is InChI=1S/C13H12N2O2/c1-15-9-8-14-12(15)7-4-10-2-5-11(6-3-10)13(16)17/h2-9H,1H3,(H,16,17). The monoisotopic (exact) mass is 228 g/mol. The van der Waals surface area contributed by atoms with Gasteiger partial charge in [0.1, 0.15) is 5.82 Å². The maximum atomic E-state index is 10.7. The molecule has 1 N–H and O–H groups in total. The number of benzene rings is 1. The van der Waals surface area contributed by atoms with Crippen molar-refractivity contribution in [1.29, 1.82) is 0 Å². The van der Waals surface area contributed by atoms with E-state index in [0.29, 0.717) is 5.56 Å². The maximum Gasteiger partial charge on any atom is 0.335 e. The number of imidazole rings is 1. The van der Waals surface area contributed by atoms with Gasteiger partial charge in [-0.25, -0.2) is 9.78 Å². The number of carboxylic acids is 1. The van der Waals surface area contributed by atoms with Crippen molar-refractivity contribution in [2.75, 3.05) is 0 Å². The van der Waals surface area contributed by atoms with Crippen LogP contribution in [0.25, 0.3) is 12.2 Å². The number of hydrogen-bond donors (Lipinski definition) is 1. The predicted molar refractivity (Wildman–Crippen MR) is 65.5 cm³/mol. The summed E-state index contributed by atoms with van der Waals surface area (Å²) < 4.78 is 1.90. The van der Waals surface area contributed by atoms with Crippen molar-refractivity contribution in [2.45, 2.75) is 0 Å². The van der Waals surface area contributed by atoms with E-state index < -0.39 is 5.97 Å². The van der Waals surface area contributed by atoms with E-state index in [-0.39, 0.29) is 0 Å². The van der Waals surface area contributed by atoms with Gasteiger partial charge in [-0.15, -0.1) is 0 Å². The van der Waals surface area contributed by atoms with E-state index in [2.05, 4.69) is 4.98 Å². The van der Waals surface area contributed by atoms with Crippen molar-refractivity contribution in [1.82, 2.24) is 9.55 Å². The van der Waals surface area contributed by atoms with E-state index in [1.165, 1.54) is 0 Å². The molecule has 0 bridgehead atoms. The highest BCUT2D eigenvalue weighted by Gasteiger charge is 2.00. The summed E-state index contributed by atoms with van der Waals surface area (Å²) in [7, 11) is 1.92. The van der Waals surface area contributed by atoms with Gasteiger partial charge >= 0.3 is 5.97 Å². The summed E-state index contributed by atoms with van der Waals surface area (Å²) in [6.07, 6.45) is 7.38. The molecule has 86 valence electrons. The van der Waals surface area contributed by atoms with Crippen molar-refractivity contribution in [3.63, 3.8) is 0 Å². The van der Waals surface area contributed by atoms with Crippen LogP contribution in [0, 0.1) is 0 Å². The molecule has 0 saturated heterocycles. The van der Waals surface area contributed by atoms with Gasteiger partial charge in [0, 0.05) is 19.4 Å².